The standard InChI is InChI=1S/C22H24N2O2/c1-16-20(17(2)26-24-16)13-14-22(25)23-21(19-11-7-4-8-12-19)15-18-9-5-3-6-10-18/h3-12,21H,13-15H2,1-2H3,(H,23,25). The topological polar surface area (TPSA) is 55.1 Å². The van der Waals surface area contributed by atoms with E-state index in [1.165, 1.54) is 5.56 Å². The first-order chi connectivity index (χ1) is 12.6. The molecular formula is C22H24N2O2. The van der Waals surface area contributed by atoms with E-state index in [9.17, 15) is 4.79 Å². The summed E-state index contributed by atoms with van der Waals surface area (Å²) in [4.78, 5) is 12.6. The lowest BCUT2D eigenvalue weighted by Gasteiger charge is -2.19. The number of aromatic nitrogens is 1. The average molecular weight is 348 g/mol. The van der Waals surface area contributed by atoms with Crippen molar-refractivity contribution in [3.8, 4) is 0 Å². The Labute approximate surface area is 154 Å². The lowest BCUT2D eigenvalue weighted by atomic mass is 9.98. The van der Waals surface area contributed by atoms with Crippen molar-refractivity contribution in [3.05, 3.63) is 88.8 Å². The van der Waals surface area contributed by atoms with Crippen molar-refractivity contribution in [1.82, 2.24) is 10.5 Å². The molecular weight excluding hydrogens is 324 g/mol. The zero-order valence-electron chi connectivity index (χ0n) is 15.2. The fraction of sp³-hybridized carbons (Fsp3) is 0.273. The second kappa shape index (κ2) is 8.48. The first-order valence-corrected chi connectivity index (χ1v) is 8.93. The summed E-state index contributed by atoms with van der Waals surface area (Å²) in [6.07, 6.45) is 1.82. The van der Waals surface area contributed by atoms with E-state index in [0.29, 0.717) is 12.8 Å². The highest BCUT2D eigenvalue weighted by atomic mass is 16.5. The Balaban J connectivity index is 1.68. The number of hydrogen-bond acceptors (Lipinski definition) is 3. The van der Waals surface area contributed by atoms with Gasteiger partial charge in [0.2, 0.25) is 5.91 Å². The predicted molar refractivity (Wildman–Crippen MR) is 102 cm³/mol. The van der Waals surface area contributed by atoms with Crippen LogP contribution in [-0.4, -0.2) is 11.1 Å². The Kier molecular flexibility index (Phi) is 5.84. The zero-order valence-corrected chi connectivity index (χ0v) is 15.2. The summed E-state index contributed by atoms with van der Waals surface area (Å²) in [5.41, 5.74) is 4.20. The number of benzene rings is 2. The molecule has 0 aliphatic carbocycles. The molecule has 1 N–H and O–H groups in total. The highest BCUT2D eigenvalue weighted by Crippen LogP contribution is 2.19. The summed E-state index contributed by atoms with van der Waals surface area (Å²) < 4.78 is 5.18. The molecule has 0 aliphatic heterocycles. The SMILES string of the molecule is Cc1noc(C)c1CCC(=O)NC(Cc1ccccc1)c1ccccc1. The smallest absolute Gasteiger partial charge is 0.220 e. The highest BCUT2D eigenvalue weighted by Gasteiger charge is 2.17. The molecule has 1 heterocycles. The third-order valence-corrected chi connectivity index (χ3v) is 4.60. The molecule has 0 bridgehead atoms. The van der Waals surface area contributed by atoms with Crippen molar-refractivity contribution in [3.63, 3.8) is 0 Å². The molecule has 3 aromatic rings. The number of nitrogens with one attached hydrogen (secondary N) is 1. The van der Waals surface area contributed by atoms with Crippen LogP contribution in [0.2, 0.25) is 0 Å². The molecule has 0 fully saturated rings. The Bertz CT molecular complexity index is 822. The first-order valence-electron chi connectivity index (χ1n) is 8.93. The van der Waals surface area contributed by atoms with Gasteiger partial charge in [0.05, 0.1) is 11.7 Å². The van der Waals surface area contributed by atoms with Crippen molar-refractivity contribution >= 4 is 5.91 Å². The van der Waals surface area contributed by atoms with Gasteiger partial charge in [-0.1, -0.05) is 65.8 Å². The molecule has 1 aromatic heterocycles. The van der Waals surface area contributed by atoms with Gasteiger partial charge in [-0.25, -0.2) is 0 Å². The fourth-order valence-corrected chi connectivity index (χ4v) is 3.15. The summed E-state index contributed by atoms with van der Waals surface area (Å²) in [5.74, 6) is 0.828. The molecule has 1 amide bonds. The quantitative estimate of drug-likeness (QED) is 0.692. The largest absolute Gasteiger partial charge is 0.361 e. The van der Waals surface area contributed by atoms with Gasteiger partial charge in [0.1, 0.15) is 5.76 Å². The van der Waals surface area contributed by atoms with Gasteiger partial charge in [-0.05, 0) is 37.8 Å². The van der Waals surface area contributed by atoms with Crippen LogP contribution in [-0.2, 0) is 17.6 Å². The summed E-state index contributed by atoms with van der Waals surface area (Å²) >= 11 is 0. The van der Waals surface area contributed by atoms with E-state index in [4.69, 9.17) is 4.52 Å². The van der Waals surface area contributed by atoms with Crippen LogP contribution in [0.1, 0.15) is 40.6 Å². The Morgan fingerprint density at radius 1 is 1.04 bits per heavy atom. The van der Waals surface area contributed by atoms with Gasteiger partial charge in [-0.15, -0.1) is 0 Å². The van der Waals surface area contributed by atoms with Gasteiger partial charge in [0.25, 0.3) is 0 Å². The van der Waals surface area contributed by atoms with E-state index in [1.807, 2.05) is 50.2 Å². The molecule has 3 rings (SSSR count). The van der Waals surface area contributed by atoms with Crippen LogP contribution in [0.4, 0.5) is 0 Å². The summed E-state index contributed by atoms with van der Waals surface area (Å²) in [6.45, 7) is 3.79. The van der Waals surface area contributed by atoms with E-state index < -0.39 is 0 Å². The van der Waals surface area contributed by atoms with Gasteiger partial charge in [-0.2, -0.15) is 0 Å². The Morgan fingerprint density at radius 3 is 2.31 bits per heavy atom. The Hall–Kier alpha value is -2.88. The average Bonchev–Trinajstić information content (AvgIpc) is 2.99. The Morgan fingerprint density at radius 2 is 1.69 bits per heavy atom. The molecule has 0 saturated heterocycles. The van der Waals surface area contributed by atoms with Crippen LogP contribution in [0.3, 0.4) is 0 Å². The van der Waals surface area contributed by atoms with Crippen LogP contribution in [0.5, 0.6) is 0 Å². The van der Waals surface area contributed by atoms with Crippen LogP contribution >= 0.6 is 0 Å². The van der Waals surface area contributed by atoms with E-state index in [0.717, 1.165) is 29.0 Å². The maximum atomic E-state index is 12.6. The predicted octanol–water partition coefficient (Wildman–Crippen LogP) is 4.32. The number of amides is 1. The molecule has 0 aliphatic rings. The van der Waals surface area contributed by atoms with Crippen molar-refractivity contribution in [1.29, 1.82) is 0 Å². The van der Waals surface area contributed by atoms with E-state index in [2.05, 4.69) is 34.7 Å². The van der Waals surface area contributed by atoms with E-state index in [-0.39, 0.29) is 11.9 Å². The maximum absolute atomic E-state index is 12.6. The lowest BCUT2D eigenvalue weighted by Crippen LogP contribution is -2.30. The number of hydrogen-bond donors (Lipinski definition) is 1. The third-order valence-electron chi connectivity index (χ3n) is 4.60. The van der Waals surface area contributed by atoms with Gasteiger partial charge in [0, 0.05) is 12.0 Å². The first kappa shape index (κ1) is 17.9. The van der Waals surface area contributed by atoms with E-state index >= 15 is 0 Å². The summed E-state index contributed by atoms with van der Waals surface area (Å²) in [5, 5.41) is 7.14. The minimum Gasteiger partial charge on any atom is -0.361 e. The normalized spacial score (nSPS) is 11.9. The van der Waals surface area contributed by atoms with Gasteiger partial charge in [-0.3, -0.25) is 4.79 Å². The minimum absolute atomic E-state index is 0.0368. The highest BCUT2D eigenvalue weighted by molar-refractivity contribution is 5.76. The third kappa shape index (κ3) is 4.60. The summed E-state index contributed by atoms with van der Waals surface area (Å²) in [6, 6.07) is 20.3. The molecule has 0 spiro atoms. The molecule has 26 heavy (non-hydrogen) atoms. The maximum Gasteiger partial charge on any atom is 0.220 e. The van der Waals surface area contributed by atoms with Crippen molar-refractivity contribution < 1.29 is 9.32 Å². The van der Waals surface area contributed by atoms with Crippen molar-refractivity contribution in [2.24, 2.45) is 0 Å². The van der Waals surface area contributed by atoms with Crippen molar-refractivity contribution in [2.75, 3.05) is 0 Å². The van der Waals surface area contributed by atoms with Gasteiger partial charge in [0.15, 0.2) is 0 Å². The van der Waals surface area contributed by atoms with Crippen LogP contribution in [0.15, 0.2) is 65.2 Å². The fourth-order valence-electron chi connectivity index (χ4n) is 3.15. The van der Waals surface area contributed by atoms with Gasteiger partial charge >= 0.3 is 0 Å². The number of carbonyl (C=O) groups is 1. The van der Waals surface area contributed by atoms with E-state index in [1.54, 1.807) is 0 Å². The zero-order chi connectivity index (χ0) is 18.4. The lowest BCUT2D eigenvalue weighted by molar-refractivity contribution is -0.121. The van der Waals surface area contributed by atoms with Crippen LogP contribution < -0.4 is 5.32 Å². The molecule has 0 radical (unpaired) electrons. The monoisotopic (exact) mass is 348 g/mol. The molecule has 1 atom stereocenters. The molecule has 4 nitrogen and oxygen atoms in total. The summed E-state index contributed by atoms with van der Waals surface area (Å²) in [7, 11) is 0. The number of aryl methyl sites for hydroxylation is 2. The van der Waals surface area contributed by atoms with Crippen LogP contribution in [0, 0.1) is 13.8 Å². The molecule has 0 saturated carbocycles. The molecule has 134 valence electrons. The molecule has 4 heteroatoms. The van der Waals surface area contributed by atoms with Crippen LogP contribution in [0.25, 0.3) is 0 Å². The van der Waals surface area contributed by atoms with Gasteiger partial charge < -0.3 is 9.84 Å². The number of carbonyl (C=O) groups excluding carboxylic acids is 1. The number of nitrogens with zero attached hydrogens (tertiary/aromatic N) is 1. The second-order valence-electron chi connectivity index (χ2n) is 6.52. The molecule has 1 unspecified atom stereocenters. The second-order valence-corrected chi connectivity index (χ2v) is 6.52. The minimum atomic E-state index is -0.0456. The number of rotatable bonds is 7. The molecule has 2 aromatic carbocycles. The van der Waals surface area contributed by atoms with Crippen molar-refractivity contribution in [2.45, 2.75) is 39.2 Å².